The van der Waals surface area contributed by atoms with Gasteiger partial charge in [-0.15, -0.1) is 0 Å². The highest BCUT2D eigenvalue weighted by Gasteiger charge is 2.20. The fourth-order valence-electron chi connectivity index (χ4n) is 3.78. The number of fused-ring (bicyclic) bond motifs is 1. The molecule has 0 saturated heterocycles. The summed E-state index contributed by atoms with van der Waals surface area (Å²) in [5.74, 6) is -1.08. The minimum atomic E-state index is -0.744. The lowest BCUT2D eigenvalue weighted by Crippen LogP contribution is -2.44. The van der Waals surface area contributed by atoms with Crippen molar-refractivity contribution in [1.82, 2.24) is 19.1 Å². The van der Waals surface area contributed by atoms with Crippen LogP contribution in [0.3, 0.4) is 0 Å². The van der Waals surface area contributed by atoms with Crippen LogP contribution < -0.4 is 16.7 Å². The maximum Gasteiger partial charge on any atom is 0.354 e. The van der Waals surface area contributed by atoms with E-state index in [1.54, 1.807) is 6.92 Å². The van der Waals surface area contributed by atoms with Crippen molar-refractivity contribution in [3.63, 3.8) is 0 Å². The van der Waals surface area contributed by atoms with Crippen LogP contribution in [0.4, 0.5) is 11.6 Å². The van der Waals surface area contributed by atoms with Gasteiger partial charge < -0.3 is 10.1 Å². The minimum Gasteiger partial charge on any atom is -0.469 e. The summed E-state index contributed by atoms with van der Waals surface area (Å²) < 4.78 is 7.11. The molecule has 4 aromatic rings. The number of carbonyl (C=O) groups is 1. The summed E-state index contributed by atoms with van der Waals surface area (Å²) >= 11 is 0. The van der Waals surface area contributed by atoms with Crippen LogP contribution in [0.15, 0.2) is 64.2 Å². The van der Waals surface area contributed by atoms with Crippen LogP contribution in [0.25, 0.3) is 10.9 Å². The lowest BCUT2D eigenvalue weighted by Gasteiger charge is -2.17. The number of rotatable bonds is 7. The van der Waals surface area contributed by atoms with Crippen molar-refractivity contribution in [2.75, 3.05) is 12.4 Å². The Hall–Kier alpha value is -4.27. The second-order valence-electron chi connectivity index (χ2n) is 8.59. The molecule has 9 nitrogen and oxygen atoms in total. The molecule has 1 atom stereocenters. The Bertz CT molecular complexity index is 1510. The molecule has 2 aromatic heterocycles. The highest BCUT2D eigenvalue weighted by atomic mass is 16.5. The van der Waals surface area contributed by atoms with Crippen molar-refractivity contribution >= 4 is 28.5 Å². The van der Waals surface area contributed by atoms with Gasteiger partial charge in [0.05, 0.1) is 25.1 Å². The third-order valence-corrected chi connectivity index (χ3v) is 5.76. The maximum atomic E-state index is 13.5. The number of methoxy groups -OCH3 is 1. The lowest BCUT2D eigenvalue weighted by molar-refractivity contribution is -0.145. The number of carbonyl (C=O) groups excluding carboxylic acids is 1. The van der Waals surface area contributed by atoms with Gasteiger partial charge in [-0.3, -0.25) is 14.3 Å². The molecule has 0 bridgehead atoms. The predicted molar refractivity (Wildman–Crippen MR) is 134 cm³/mol. The summed E-state index contributed by atoms with van der Waals surface area (Å²) in [5.41, 5.74) is 3.06. The Labute approximate surface area is 202 Å². The van der Waals surface area contributed by atoms with E-state index in [1.165, 1.54) is 11.7 Å². The van der Waals surface area contributed by atoms with E-state index in [-0.39, 0.29) is 19.0 Å². The Morgan fingerprint density at radius 1 is 1.00 bits per heavy atom. The molecule has 0 amide bonds. The zero-order valence-corrected chi connectivity index (χ0v) is 20.1. The number of hydrogen-bond acceptors (Lipinski definition) is 7. The zero-order chi connectivity index (χ0) is 25.1. The van der Waals surface area contributed by atoms with E-state index in [9.17, 15) is 14.4 Å². The Morgan fingerprint density at radius 2 is 1.74 bits per heavy atom. The van der Waals surface area contributed by atoms with Crippen LogP contribution >= 0.6 is 0 Å². The minimum absolute atomic E-state index is 0.113. The van der Waals surface area contributed by atoms with Crippen molar-refractivity contribution in [2.24, 2.45) is 5.92 Å². The van der Waals surface area contributed by atoms with Crippen molar-refractivity contribution in [3.05, 3.63) is 92.4 Å². The quantitative estimate of drug-likeness (QED) is 0.411. The molecule has 4 rings (SSSR count). The van der Waals surface area contributed by atoms with E-state index < -0.39 is 23.3 Å². The van der Waals surface area contributed by atoms with Crippen LogP contribution in [0.5, 0.6) is 0 Å². The van der Waals surface area contributed by atoms with Crippen molar-refractivity contribution in [2.45, 2.75) is 33.9 Å². The SMILES string of the molecule is COC(=O)C(C)Cn1c(=O)nc(Nc2ccc3nc(C)ccc3c2)n(Cc2ccc(C)cc2)c1=O. The number of esters is 1. The third-order valence-electron chi connectivity index (χ3n) is 5.76. The van der Waals surface area contributed by atoms with Gasteiger partial charge in [0.2, 0.25) is 5.95 Å². The van der Waals surface area contributed by atoms with E-state index in [4.69, 9.17) is 4.74 Å². The Balaban J connectivity index is 1.78. The van der Waals surface area contributed by atoms with Gasteiger partial charge in [0.25, 0.3) is 0 Å². The van der Waals surface area contributed by atoms with Crippen LogP contribution in [-0.2, 0) is 22.6 Å². The topological polar surface area (TPSA) is 108 Å². The molecule has 0 radical (unpaired) electrons. The van der Waals surface area contributed by atoms with E-state index in [0.717, 1.165) is 32.3 Å². The number of ether oxygens (including phenoxy) is 1. The van der Waals surface area contributed by atoms with Gasteiger partial charge in [-0.25, -0.2) is 14.2 Å². The standard InChI is InChI=1S/C26H27N5O4/c1-16-5-8-19(9-6-16)15-30-24(28-21-11-12-22-20(13-21)10-7-18(3)27-22)29-25(33)31(26(30)34)14-17(2)23(32)35-4/h5-13,17H,14-15H2,1-4H3,(H,28,29,33). The first-order valence-corrected chi connectivity index (χ1v) is 11.2. The number of aromatic nitrogens is 4. The highest BCUT2D eigenvalue weighted by Crippen LogP contribution is 2.21. The van der Waals surface area contributed by atoms with Crippen LogP contribution in [0.1, 0.15) is 23.7 Å². The van der Waals surface area contributed by atoms with E-state index in [2.05, 4.69) is 15.3 Å². The maximum absolute atomic E-state index is 13.5. The lowest BCUT2D eigenvalue weighted by atomic mass is 10.1. The van der Waals surface area contributed by atoms with E-state index >= 15 is 0 Å². The molecule has 35 heavy (non-hydrogen) atoms. The van der Waals surface area contributed by atoms with Crippen molar-refractivity contribution in [3.8, 4) is 0 Å². The van der Waals surface area contributed by atoms with Gasteiger partial charge in [-0.1, -0.05) is 42.8 Å². The summed E-state index contributed by atoms with van der Waals surface area (Å²) in [7, 11) is 1.27. The predicted octanol–water partition coefficient (Wildman–Crippen LogP) is 3.17. The monoisotopic (exact) mass is 473 g/mol. The van der Waals surface area contributed by atoms with Gasteiger partial charge in [0, 0.05) is 23.3 Å². The van der Waals surface area contributed by atoms with Crippen molar-refractivity contribution in [1.29, 1.82) is 0 Å². The molecular formula is C26H27N5O4. The normalized spacial score (nSPS) is 11.9. The average molecular weight is 474 g/mol. The molecule has 1 N–H and O–H groups in total. The highest BCUT2D eigenvalue weighted by molar-refractivity contribution is 5.83. The fraction of sp³-hybridized carbons (Fsp3) is 0.269. The summed E-state index contributed by atoms with van der Waals surface area (Å²) in [6.45, 7) is 5.56. The summed E-state index contributed by atoms with van der Waals surface area (Å²) in [6, 6.07) is 17.2. The van der Waals surface area contributed by atoms with Gasteiger partial charge in [0.1, 0.15) is 0 Å². The van der Waals surface area contributed by atoms with E-state index in [1.807, 2.05) is 68.4 Å². The first-order valence-electron chi connectivity index (χ1n) is 11.2. The number of benzene rings is 2. The first kappa shape index (κ1) is 23.9. The number of nitrogens with zero attached hydrogens (tertiary/aromatic N) is 4. The molecule has 0 saturated carbocycles. The summed E-state index contributed by atoms with van der Waals surface area (Å²) in [5, 5.41) is 4.04. The van der Waals surface area contributed by atoms with E-state index in [0.29, 0.717) is 5.69 Å². The molecule has 180 valence electrons. The number of hydrogen-bond donors (Lipinski definition) is 1. The molecule has 0 fully saturated rings. The van der Waals surface area contributed by atoms with Crippen LogP contribution in [0, 0.1) is 19.8 Å². The molecule has 2 heterocycles. The summed E-state index contributed by atoms with van der Waals surface area (Å²) in [4.78, 5) is 46.9. The molecule has 0 aliphatic carbocycles. The first-order chi connectivity index (χ1) is 16.7. The van der Waals surface area contributed by atoms with Crippen LogP contribution in [0.2, 0.25) is 0 Å². The van der Waals surface area contributed by atoms with Crippen LogP contribution in [-0.4, -0.2) is 32.2 Å². The molecule has 0 aliphatic heterocycles. The molecule has 2 aromatic carbocycles. The number of pyridine rings is 1. The smallest absolute Gasteiger partial charge is 0.354 e. The number of aryl methyl sites for hydroxylation is 2. The largest absolute Gasteiger partial charge is 0.469 e. The second kappa shape index (κ2) is 9.92. The molecule has 9 heteroatoms. The summed E-state index contributed by atoms with van der Waals surface area (Å²) in [6.07, 6.45) is 0. The van der Waals surface area contributed by atoms with Gasteiger partial charge in [0.15, 0.2) is 0 Å². The van der Waals surface area contributed by atoms with Gasteiger partial charge in [-0.05, 0) is 43.7 Å². The molecule has 0 spiro atoms. The van der Waals surface area contributed by atoms with Crippen molar-refractivity contribution < 1.29 is 9.53 Å². The number of anilines is 2. The zero-order valence-electron chi connectivity index (χ0n) is 20.1. The Kier molecular flexibility index (Phi) is 6.77. The van der Waals surface area contributed by atoms with Gasteiger partial charge in [-0.2, -0.15) is 4.98 Å². The molecule has 0 aliphatic rings. The number of nitrogens with one attached hydrogen (secondary N) is 1. The molecular weight excluding hydrogens is 446 g/mol. The molecule has 1 unspecified atom stereocenters. The van der Waals surface area contributed by atoms with Gasteiger partial charge >= 0.3 is 17.3 Å². The second-order valence-corrected chi connectivity index (χ2v) is 8.59. The Morgan fingerprint density at radius 3 is 2.46 bits per heavy atom. The average Bonchev–Trinajstić information content (AvgIpc) is 2.84. The fourth-order valence-corrected chi connectivity index (χ4v) is 3.78. The third kappa shape index (κ3) is 5.29.